The van der Waals surface area contributed by atoms with Crippen LogP contribution in [0.25, 0.3) is 0 Å². The van der Waals surface area contributed by atoms with Crippen LogP contribution in [0.5, 0.6) is 0 Å². The predicted octanol–water partition coefficient (Wildman–Crippen LogP) is 4.18. The summed E-state index contributed by atoms with van der Waals surface area (Å²) >= 11 is 0. The summed E-state index contributed by atoms with van der Waals surface area (Å²) < 4.78 is 39.6. The summed E-state index contributed by atoms with van der Waals surface area (Å²) in [5.41, 5.74) is 0. The summed E-state index contributed by atoms with van der Waals surface area (Å²) in [4.78, 5) is 9.69. The molecule has 0 aromatic rings. The molecule has 7 nitrogen and oxygen atoms in total. The molecule has 0 aromatic carbocycles. The topological polar surface area (TPSA) is 80.3 Å². The van der Waals surface area contributed by atoms with Crippen molar-refractivity contribution in [1.82, 2.24) is 0 Å². The summed E-state index contributed by atoms with van der Waals surface area (Å²) in [5.74, 6) is -0.419. The lowest BCUT2D eigenvalue weighted by atomic mass is 10.5. The molecule has 0 amide bonds. The van der Waals surface area contributed by atoms with Crippen LogP contribution >= 0.6 is 15.0 Å². The van der Waals surface area contributed by atoms with Gasteiger partial charge in [0.1, 0.15) is 5.90 Å². The van der Waals surface area contributed by atoms with Gasteiger partial charge in [0.15, 0.2) is 0 Å². The fourth-order valence-corrected chi connectivity index (χ4v) is 5.84. The van der Waals surface area contributed by atoms with Crippen LogP contribution in [0, 0.1) is 0 Å². The van der Waals surface area contributed by atoms with E-state index in [9.17, 15) is 9.13 Å². The minimum absolute atomic E-state index is 0.267. The first kappa shape index (κ1) is 20.3. The van der Waals surface area contributed by atoms with Crippen molar-refractivity contribution >= 4 is 15.0 Å². The second-order valence-corrected chi connectivity index (χ2v) is 10.2. The lowest BCUT2D eigenvalue weighted by Gasteiger charge is -2.22. The third-order valence-corrected chi connectivity index (χ3v) is 6.50. The minimum atomic E-state index is -3.84. The average molecular weight is 332 g/mol. The van der Waals surface area contributed by atoms with Crippen LogP contribution in [0.3, 0.4) is 0 Å². The van der Waals surface area contributed by atoms with Crippen molar-refractivity contribution in [2.75, 3.05) is 12.6 Å². The Balaban J connectivity index is 4.83. The highest BCUT2D eigenvalue weighted by molar-refractivity contribution is 7.73. The summed E-state index contributed by atoms with van der Waals surface area (Å²) in [6, 6.07) is 0. The van der Waals surface area contributed by atoms with Crippen LogP contribution in [-0.4, -0.2) is 30.9 Å². The van der Waals surface area contributed by atoms with Gasteiger partial charge in [-0.1, -0.05) is 0 Å². The van der Waals surface area contributed by atoms with Gasteiger partial charge in [0, 0.05) is 6.66 Å². The maximum Gasteiger partial charge on any atom is 0.393 e. The summed E-state index contributed by atoms with van der Waals surface area (Å²) in [6.45, 7) is 11.6. The monoisotopic (exact) mass is 332 g/mol. The maximum absolute atomic E-state index is 12.5. The normalized spacial score (nSPS) is 16.1. The van der Waals surface area contributed by atoms with Gasteiger partial charge in [-0.05, 0) is 41.5 Å². The number of hydrogen-bond donors (Lipinski definition) is 0. The molecule has 0 aromatic heterocycles. The van der Waals surface area contributed by atoms with Gasteiger partial charge in [-0.3, -0.25) is 9.13 Å². The minimum Gasteiger partial charge on any atom is -0.325 e. The zero-order chi connectivity index (χ0) is 16.0. The highest BCUT2D eigenvalue weighted by Crippen LogP contribution is 2.62. The molecule has 0 aliphatic carbocycles. The third kappa shape index (κ3) is 10.1. The van der Waals surface area contributed by atoms with Crippen molar-refractivity contribution in [2.24, 2.45) is 0 Å². The molecule has 0 rings (SSSR count). The highest BCUT2D eigenvalue weighted by atomic mass is 31.2. The molecule has 0 heterocycles. The average Bonchev–Trinajstić information content (AvgIpc) is 2.21. The van der Waals surface area contributed by atoms with Crippen LogP contribution in [0.4, 0.5) is 0 Å². The summed E-state index contributed by atoms with van der Waals surface area (Å²) in [6.07, 6.45) is -0.919. The van der Waals surface area contributed by atoms with Crippen LogP contribution < -0.4 is 0 Å². The van der Waals surface area contributed by atoms with E-state index in [1.54, 1.807) is 41.5 Å². The number of hydrogen-bond acceptors (Lipinski definition) is 7. The first-order valence-corrected chi connectivity index (χ1v) is 10.5. The molecule has 122 valence electrons. The number of rotatable bonds is 10. The van der Waals surface area contributed by atoms with E-state index in [1.807, 2.05) is 0 Å². The van der Waals surface area contributed by atoms with Gasteiger partial charge in [0.2, 0.25) is 7.37 Å². The molecule has 20 heavy (non-hydrogen) atoms. The summed E-state index contributed by atoms with van der Waals surface area (Å²) in [7, 11) is -7.00. The molecule has 0 fully saturated rings. The quantitative estimate of drug-likeness (QED) is 0.337. The Labute approximate surface area is 121 Å². The molecule has 0 bridgehead atoms. The molecule has 0 N–H and O–H groups in total. The third-order valence-electron chi connectivity index (χ3n) is 1.56. The van der Waals surface area contributed by atoms with Crippen molar-refractivity contribution in [3.05, 3.63) is 0 Å². The first-order chi connectivity index (χ1) is 8.96. The Hall–Kier alpha value is 0.260. The largest absolute Gasteiger partial charge is 0.393 e. The summed E-state index contributed by atoms with van der Waals surface area (Å²) in [5, 5.41) is 0. The highest BCUT2D eigenvalue weighted by Gasteiger charge is 2.38. The van der Waals surface area contributed by atoms with Gasteiger partial charge in [0.25, 0.3) is 0 Å². The SMILES string of the molecule is CC(C)OOP(=O)(CP(C)(=O)OC(C)C)OOC(C)C. The molecular weight excluding hydrogens is 306 g/mol. The smallest absolute Gasteiger partial charge is 0.325 e. The molecule has 1 unspecified atom stereocenters. The second kappa shape index (κ2) is 8.64. The van der Waals surface area contributed by atoms with Crippen LogP contribution in [0.1, 0.15) is 41.5 Å². The van der Waals surface area contributed by atoms with Gasteiger partial charge < -0.3 is 4.52 Å². The molecule has 0 aliphatic rings. The van der Waals surface area contributed by atoms with Crippen LogP contribution in [-0.2, 0) is 32.8 Å². The van der Waals surface area contributed by atoms with Crippen molar-refractivity contribution in [1.29, 1.82) is 0 Å². The maximum atomic E-state index is 12.5. The molecule has 0 saturated heterocycles. The van der Waals surface area contributed by atoms with Gasteiger partial charge in [-0.2, -0.15) is 0 Å². The van der Waals surface area contributed by atoms with Gasteiger partial charge in [-0.15, -0.1) is 9.35 Å². The van der Waals surface area contributed by atoms with E-state index < -0.39 is 20.9 Å². The van der Waals surface area contributed by atoms with Crippen molar-refractivity contribution < 1.29 is 32.8 Å². The Bertz CT molecular complexity index is 352. The van der Waals surface area contributed by atoms with E-state index in [0.29, 0.717) is 0 Å². The molecule has 0 saturated carbocycles. The van der Waals surface area contributed by atoms with Gasteiger partial charge in [-0.25, -0.2) is 9.78 Å². The molecule has 0 spiro atoms. The molecule has 0 radical (unpaired) electrons. The van der Waals surface area contributed by atoms with Crippen LogP contribution in [0.15, 0.2) is 0 Å². The molecular formula is C11H26O7P2. The zero-order valence-corrected chi connectivity index (χ0v) is 15.0. The van der Waals surface area contributed by atoms with Crippen molar-refractivity contribution in [2.45, 2.75) is 59.9 Å². The Morgan fingerprint density at radius 1 is 0.800 bits per heavy atom. The molecule has 1 atom stereocenters. The van der Waals surface area contributed by atoms with Crippen molar-refractivity contribution in [3.63, 3.8) is 0 Å². The van der Waals surface area contributed by atoms with E-state index in [2.05, 4.69) is 0 Å². The molecule has 0 aliphatic heterocycles. The van der Waals surface area contributed by atoms with Crippen molar-refractivity contribution in [3.8, 4) is 0 Å². The Morgan fingerprint density at radius 3 is 1.50 bits per heavy atom. The fourth-order valence-electron chi connectivity index (χ4n) is 1.16. The first-order valence-electron chi connectivity index (χ1n) is 6.50. The van der Waals surface area contributed by atoms with E-state index in [-0.39, 0.29) is 18.3 Å². The van der Waals surface area contributed by atoms with Crippen LogP contribution in [0.2, 0.25) is 0 Å². The Morgan fingerprint density at radius 2 is 1.20 bits per heavy atom. The fraction of sp³-hybridized carbons (Fsp3) is 1.00. The van der Waals surface area contributed by atoms with Gasteiger partial charge in [0.05, 0.1) is 18.3 Å². The lowest BCUT2D eigenvalue weighted by Crippen LogP contribution is -2.11. The zero-order valence-electron chi connectivity index (χ0n) is 13.2. The van der Waals surface area contributed by atoms with Gasteiger partial charge >= 0.3 is 7.60 Å². The van der Waals surface area contributed by atoms with E-state index in [0.717, 1.165) is 0 Å². The standard InChI is InChI=1S/C11H26O7P2/c1-9(2)14-17-20(13,18-15-10(3)4)8-19(7,12)16-11(5)6/h9-11H,8H2,1-7H3. The van der Waals surface area contributed by atoms with E-state index >= 15 is 0 Å². The van der Waals surface area contributed by atoms with E-state index in [4.69, 9.17) is 23.6 Å². The van der Waals surface area contributed by atoms with E-state index in [1.165, 1.54) is 6.66 Å². The predicted molar refractivity (Wildman–Crippen MR) is 76.8 cm³/mol. The lowest BCUT2D eigenvalue weighted by molar-refractivity contribution is -0.290. The second-order valence-electron chi connectivity index (χ2n) is 5.36. The Kier molecular flexibility index (Phi) is 8.75. The molecule has 9 heteroatoms.